The zero-order chi connectivity index (χ0) is 12.1. The van der Waals surface area contributed by atoms with Crippen LogP contribution in [0.15, 0.2) is 42.7 Å². The van der Waals surface area contributed by atoms with Gasteiger partial charge in [0.05, 0.1) is 6.20 Å². The molecule has 0 aliphatic heterocycles. The Morgan fingerprint density at radius 2 is 1.88 bits per heavy atom. The molecule has 0 unspecified atom stereocenters. The van der Waals surface area contributed by atoms with Crippen molar-refractivity contribution in [2.45, 2.75) is 20.0 Å². The minimum absolute atomic E-state index is 0.330. The number of pyridine rings is 1. The van der Waals surface area contributed by atoms with Crippen LogP contribution in [0, 0.1) is 5.82 Å². The van der Waals surface area contributed by atoms with Gasteiger partial charge in [0.2, 0.25) is 0 Å². The van der Waals surface area contributed by atoms with E-state index >= 15 is 0 Å². The topological polar surface area (TPSA) is 22.1 Å². The lowest BCUT2D eigenvalue weighted by Gasteiger charge is -2.06. The smallest absolute Gasteiger partial charge is 0.141 e. The first-order chi connectivity index (χ1) is 8.28. The Labute approximate surface area is 100 Å². The zero-order valence-corrected chi connectivity index (χ0v) is 9.69. The van der Waals surface area contributed by atoms with Gasteiger partial charge in [0, 0.05) is 11.8 Å². The molecule has 0 saturated heterocycles. The third-order valence-corrected chi connectivity index (χ3v) is 2.50. The fourth-order valence-corrected chi connectivity index (χ4v) is 1.52. The standard InChI is InChI=1S/C14H14FNO/c1-2-11-3-5-14(6-4-11)17-10-12-7-13(15)9-16-8-12/h3-9H,2,10H2,1H3. The monoisotopic (exact) mass is 231 g/mol. The van der Waals surface area contributed by atoms with E-state index in [1.165, 1.54) is 17.8 Å². The summed E-state index contributed by atoms with van der Waals surface area (Å²) in [6.07, 6.45) is 3.79. The molecule has 0 atom stereocenters. The predicted molar refractivity (Wildman–Crippen MR) is 64.3 cm³/mol. The third-order valence-electron chi connectivity index (χ3n) is 2.50. The van der Waals surface area contributed by atoms with Crippen molar-refractivity contribution in [3.8, 4) is 5.75 Å². The van der Waals surface area contributed by atoms with E-state index in [1.807, 2.05) is 24.3 Å². The molecule has 0 fully saturated rings. The highest BCUT2D eigenvalue weighted by Crippen LogP contribution is 2.14. The summed E-state index contributed by atoms with van der Waals surface area (Å²) in [5, 5.41) is 0. The molecule has 0 aliphatic carbocycles. The summed E-state index contributed by atoms with van der Waals surface area (Å²) in [5.74, 6) is 0.443. The molecule has 0 amide bonds. The summed E-state index contributed by atoms with van der Waals surface area (Å²) < 4.78 is 18.4. The molecule has 1 heterocycles. The van der Waals surface area contributed by atoms with E-state index in [2.05, 4.69) is 11.9 Å². The van der Waals surface area contributed by atoms with Gasteiger partial charge in [-0.3, -0.25) is 4.98 Å². The van der Waals surface area contributed by atoms with Gasteiger partial charge in [-0.05, 0) is 30.2 Å². The molecule has 2 rings (SSSR count). The molecular weight excluding hydrogens is 217 g/mol. The Hall–Kier alpha value is -1.90. The molecule has 88 valence electrons. The first-order valence-corrected chi connectivity index (χ1v) is 5.59. The van der Waals surface area contributed by atoms with E-state index in [-0.39, 0.29) is 5.82 Å². The minimum atomic E-state index is -0.340. The van der Waals surface area contributed by atoms with Crippen LogP contribution < -0.4 is 4.74 Å². The van der Waals surface area contributed by atoms with Gasteiger partial charge in [-0.2, -0.15) is 0 Å². The fourth-order valence-electron chi connectivity index (χ4n) is 1.52. The van der Waals surface area contributed by atoms with Crippen LogP contribution in [0.2, 0.25) is 0 Å². The maximum atomic E-state index is 12.9. The fraction of sp³-hybridized carbons (Fsp3) is 0.214. The van der Waals surface area contributed by atoms with E-state index in [0.29, 0.717) is 6.61 Å². The summed E-state index contributed by atoms with van der Waals surface area (Å²) in [5.41, 5.74) is 1.99. The van der Waals surface area contributed by atoms with E-state index < -0.39 is 0 Å². The van der Waals surface area contributed by atoms with Crippen molar-refractivity contribution < 1.29 is 9.13 Å². The van der Waals surface area contributed by atoms with Gasteiger partial charge in [0.1, 0.15) is 18.2 Å². The molecular formula is C14H14FNO. The Morgan fingerprint density at radius 3 is 2.53 bits per heavy atom. The molecule has 0 aliphatic rings. The van der Waals surface area contributed by atoms with Crippen LogP contribution in [0.4, 0.5) is 4.39 Å². The number of hydrogen-bond donors (Lipinski definition) is 0. The maximum Gasteiger partial charge on any atom is 0.141 e. The molecule has 0 radical (unpaired) electrons. The second-order valence-corrected chi connectivity index (χ2v) is 3.80. The van der Waals surface area contributed by atoms with Gasteiger partial charge in [0.25, 0.3) is 0 Å². The molecule has 1 aromatic heterocycles. The van der Waals surface area contributed by atoms with Crippen molar-refractivity contribution in [2.24, 2.45) is 0 Å². The van der Waals surface area contributed by atoms with Crippen molar-refractivity contribution in [2.75, 3.05) is 0 Å². The Kier molecular flexibility index (Phi) is 3.70. The van der Waals surface area contributed by atoms with Crippen LogP contribution in [0.5, 0.6) is 5.75 Å². The van der Waals surface area contributed by atoms with Crippen LogP contribution in [0.3, 0.4) is 0 Å². The molecule has 3 heteroatoms. The largest absolute Gasteiger partial charge is 0.489 e. The lowest BCUT2D eigenvalue weighted by Crippen LogP contribution is -1.97. The van der Waals surface area contributed by atoms with Gasteiger partial charge >= 0.3 is 0 Å². The number of benzene rings is 1. The lowest BCUT2D eigenvalue weighted by molar-refractivity contribution is 0.305. The third kappa shape index (κ3) is 3.28. The van der Waals surface area contributed by atoms with E-state index in [0.717, 1.165) is 17.7 Å². The van der Waals surface area contributed by atoms with Gasteiger partial charge in [-0.1, -0.05) is 19.1 Å². The second kappa shape index (κ2) is 5.43. The molecule has 17 heavy (non-hydrogen) atoms. The number of aryl methyl sites for hydroxylation is 1. The number of hydrogen-bond acceptors (Lipinski definition) is 2. The normalized spacial score (nSPS) is 10.2. The van der Waals surface area contributed by atoms with E-state index in [1.54, 1.807) is 6.20 Å². The summed E-state index contributed by atoms with van der Waals surface area (Å²) in [6.45, 7) is 2.44. The molecule has 0 N–H and O–H groups in total. The predicted octanol–water partition coefficient (Wildman–Crippen LogP) is 3.36. The molecule has 0 spiro atoms. The number of halogens is 1. The average Bonchev–Trinajstić information content (AvgIpc) is 2.37. The molecule has 0 saturated carbocycles. The number of nitrogens with zero attached hydrogens (tertiary/aromatic N) is 1. The van der Waals surface area contributed by atoms with Gasteiger partial charge < -0.3 is 4.74 Å². The SMILES string of the molecule is CCc1ccc(OCc2cncc(F)c2)cc1. The van der Waals surface area contributed by atoms with Crippen LogP contribution in [-0.4, -0.2) is 4.98 Å². The first kappa shape index (κ1) is 11.6. The summed E-state index contributed by atoms with van der Waals surface area (Å²) in [4.78, 5) is 3.77. The Bertz CT molecular complexity index is 482. The minimum Gasteiger partial charge on any atom is -0.489 e. The Morgan fingerprint density at radius 1 is 1.12 bits per heavy atom. The van der Waals surface area contributed by atoms with E-state index in [4.69, 9.17) is 4.74 Å². The van der Waals surface area contributed by atoms with Crippen LogP contribution in [0.25, 0.3) is 0 Å². The van der Waals surface area contributed by atoms with Crippen molar-refractivity contribution in [3.63, 3.8) is 0 Å². The van der Waals surface area contributed by atoms with Crippen molar-refractivity contribution >= 4 is 0 Å². The van der Waals surface area contributed by atoms with Crippen LogP contribution >= 0.6 is 0 Å². The average molecular weight is 231 g/mol. The number of aromatic nitrogens is 1. The van der Waals surface area contributed by atoms with E-state index in [9.17, 15) is 4.39 Å². The Balaban J connectivity index is 1.97. The van der Waals surface area contributed by atoms with Crippen molar-refractivity contribution in [1.29, 1.82) is 0 Å². The van der Waals surface area contributed by atoms with Gasteiger partial charge in [-0.15, -0.1) is 0 Å². The number of ether oxygens (including phenoxy) is 1. The summed E-state index contributed by atoms with van der Waals surface area (Å²) >= 11 is 0. The van der Waals surface area contributed by atoms with Crippen LogP contribution in [-0.2, 0) is 13.0 Å². The highest BCUT2D eigenvalue weighted by Gasteiger charge is 1.98. The maximum absolute atomic E-state index is 12.9. The van der Waals surface area contributed by atoms with Gasteiger partial charge in [0.15, 0.2) is 0 Å². The van der Waals surface area contributed by atoms with Crippen LogP contribution in [0.1, 0.15) is 18.1 Å². The molecule has 0 bridgehead atoms. The first-order valence-electron chi connectivity index (χ1n) is 5.59. The zero-order valence-electron chi connectivity index (χ0n) is 9.69. The summed E-state index contributed by atoms with van der Waals surface area (Å²) in [7, 11) is 0. The summed E-state index contributed by atoms with van der Waals surface area (Å²) in [6, 6.07) is 9.32. The molecule has 2 aromatic rings. The number of rotatable bonds is 4. The second-order valence-electron chi connectivity index (χ2n) is 3.80. The lowest BCUT2D eigenvalue weighted by atomic mass is 10.2. The molecule has 2 nitrogen and oxygen atoms in total. The quantitative estimate of drug-likeness (QED) is 0.805. The van der Waals surface area contributed by atoms with Crippen molar-refractivity contribution in [1.82, 2.24) is 4.98 Å². The highest BCUT2D eigenvalue weighted by atomic mass is 19.1. The highest BCUT2D eigenvalue weighted by molar-refractivity contribution is 5.27. The van der Waals surface area contributed by atoms with Gasteiger partial charge in [-0.25, -0.2) is 4.39 Å². The van der Waals surface area contributed by atoms with Crippen molar-refractivity contribution in [3.05, 3.63) is 59.7 Å². The molecule has 1 aromatic carbocycles.